The van der Waals surface area contributed by atoms with Crippen LogP contribution in [0.5, 0.6) is 0 Å². The molecule has 1 amide bonds. The Morgan fingerprint density at radius 2 is 1.84 bits per heavy atom. The molecule has 2 aromatic rings. The van der Waals surface area contributed by atoms with E-state index in [0.29, 0.717) is 17.7 Å². The summed E-state index contributed by atoms with van der Waals surface area (Å²) in [6.45, 7) is 6.20. The summed E-state index contributed by atoms with van der Waals surface area (Å²) in [5, 5.41) is 2.85. The predicted octanol–water partition coefficient (Wildman–Crippen LogP) is 2.16. The van der Waals surface area contributed by atoms with Crippen LogP contribution in [0.2, 0.25) is 0 Å². The van der Waals surface area contributed by atoms with Crippen molar-refractivity contribution in [3.63, 3.8) is 0 Å². The zero-order valence-electron chi connectivity index (χ0n) is 15.3. The Bertz CT molecular complexity index is 883. The van der Waals surface area contributed by atoms with Crippen molar-refractivity contribution in [2.75, 3.05) is 20.6 Å². The third-order valence-corrected chi connectivity index (χ3v) is 6.10. The standard InChI is InChI=1S/C18H25N3O3S/c1-12-6-7-16(11-17(12)25(23,24)21(4)5)18(22)19-9-8-15-10-13(2)20-14(15)3/h6-7,10-11,20H,8-9H2,1-5H3,(H,19,22). The van der Waals surface area contributed by atoms with Crippen LogP contribution in [0.25, 0.3) is 0 Å². The fourth-order valence-corrected chi connectivity index (χ4v) is 3.81. The van der Waals surface area contributed by atoms with Gasteiger partial charge in [-0.25, -0.2) is 12.7 Å². The maximum Gasteiger partial charge on any atom is 0.251 e. The third-order valence-electron chi connectivity index (χ3n) is 4.15. The second-order valence-corrected chi connectivity index (χ2v) is 8.50. The smallest absolute Gasteiger partial charge is 0.251 e. The molecule has 2 N–H and O–H groups in total. The number of rotatable bonds is 6. The van der Waals surface area contributed by atoms with Crippen molar-refractivity contribution in [3.05, 3.63) is 52.3 Å². The number of nitrogens with one attached hydrogen (secondary N) is 2. The molecule has 1 aromatic heterocycles. The average molecular weight is 363 g/mol. The van der Waals surface area contributed by atoms with Gasteiger partial charge in [0.2, 0.25) is 10.0 Å². The van der Waals surface area contributed by atoms with E-state index in [1.807, 2.05) is 13.8 Å². The van der Waals surface area contributed by atoms with Crippen molar-refractivity contribution in [2.24, 2.45) is 0 Å². The molecule has 25 heavy (non-hydrogen) atoms. The van der Waals surface area contributed by atoms with E-state index in [4.69, 9.17) is 0 Å². The summed E-state index contributed by atoms with van der Waals surface area (Å²) < 4.78 is 25.9. The second kappa shape index (κ2) is 7.41. The maximum absolute atomic E-state index is 12.4. The molecule has 0 bridgehead atoms. The molecule has 0 atom stereocenters. The number of hydrogen-bond donors (Lipinski definition) is 2. The van der Waals surface area contributed by atoms with Gasteiger partial charge in [-0.15, -0.1) is 0 Å². The van der Waals surface area contributed by atoms with Gasteiger partial charge < -0.3 is 10.3 Å². The van der Waals surface area contributed by atoms with Crippen molar-refractivity contribution >= 4 is 15.9 Å². The van der Waals surface area contributed by atoms with E-state index < -0.39 is 10.0 Å². The first-order valence-electron chi connectivity index (χ1n) is 8.09. The Morgan fingerprint density at radius 1 is 1.16 bits per heavy atom. The second-order valence-electron chi connectivity index (χ2n) is 6.38. The van der Waals surface area contributed by atoms with Crippen molar-refractivity contribution in [1.82, 2.24) is 14.6 Å². The van der Waals surface area contributed by atoms with Crippen LogP contribution in [0.4, 0.5) is 0 Å². The number of benzene rings is 1. The van der Waals surface area contributed by atoms with Gasteiger partial charge in [0.05, 0.1) is 4.90 Å². The highest BCUT2D eigenvalue weighted by Crippen LogP contribution is 2.20. The molecule has 1 heterocycles. The van der Waals surface area contributed by atoms with Gasteiger partial charge in [-0.3, -0.25) is 4.79 Å². The van der Waals surface area contributed by atoms with Gasteiger partial charge in [0.1, 0.15) is 0 Å². The Labute approximate surface area is 149 Å². The van der Waals surface area contributed by atoms with Crippen LogP contribution in [-0.4, -0.2) is 44.3 Å². The van der Waals surface area contributed by atoms with Crippen molar-refractivity contribution in [1.29, 1.82) is 0 Å². The largest absolute Gasteiger partial charge is 0.362 e. The lowest BCUT2D eigenvalue weighted by atomic mass is 10.1. The number of aryl methyl sites for hydroxylation is 3. The molecule has 0 unspecified atom stereocenters. The Morgan fingerprint density at radius 3 is 2.40 bits per heavy atom. The summed E-state index contributed by atoms with van der Waals surface area (Å²) >= 11 is 0. The van der Waals surface area contributed by atoms with Gasteiger partial charge in [0.15, 0.2) is 0 Å². The molecule has 0 aliphatic carbocycles. The molecular weight excluding hydrogens is 338 g/mol. The van der Waals surface area contributed by atoms with Gasteiger partial charge in [0.25, 0.3) is 5.91 Å². The number of amides is 1. The van der Waals surface area contributed by atoms with E-state index in [9.17, 15) is 13.2 Å². The number of carbonyl (C=O) groups is 1. The SMILES string of the molecule is Cc1cc(CCNC(=O)c2ccc(C)c(S(=O)(=O)N(C)C)c2)c(C)[nH]1. The highest BCUT2D eigenvalue weighted by molar-refractivity contribution is 7.89. The number of hydrogen-bond acceptors (Lipinski definition) is 3. The fraction of sp³-hybridized carbons (Fsp3) is 0.389. The van der Waals surface area contributed by atoms with Crippen LogP contribution in [0.1, 0.15) is 32.9 Å². The number of sulfonamides is 1. The molecular formula is C18H25N3O3S. The van der Waals surface area contributed by atoms with E-state index in [1.54, 1.807) is 19.1 Å². The molecule has 2 rings (SSSR count). The van der Waals surface area contributed by atoms with E-state index in [0.717, 1.165) is 27.7 Å². The third kappa shape index (κ3) is 4.29. The van der Waals surface area contributed by atoms with Crippen LogP contribution >= 0.6 is 0 Å². The quantitative estimate of drug-likeness (QED) is 0.825. The summed E-state index contributed by atoms with van der Waals surface area (Å²) in [7, 11) is -0.631. The van der Waals surface area contributed by atoms with Crippen molar-refractivity contribution in [3.8, 4) is 0 Å². The van der Waals surface area contributed by atoms with Gasteiger partial charge >= 0.3 is 0 Å². The number of H-pyrrole nitrogens is 1. The van der Waals surface area contributed by atoms with E-state index in [1.165, 1.54) is 20.2 Å². The summed E-state index contributed by atoms with van der Waals surface area (Å²) in [6.07, 6.45) is 0.719. The van der Waals surface area contributed by atoms with Gasteiger partial charge in [-0.2, -0.15) is 0 Å². The first kappa shape index (κ1) is 19.2. The van der Waals surface area contributed by atoms with Crippen molar-refractivity contribution < 1.29 is 13.2 Å². The Hall–Kier alpha value is -2.12. The fourth-order valence-electron chi connectivity index (χ4n) is 2.67. The molecule has 0 radical (unpaired) electrons. The Kier molecular flexibility index (Phi) is 5.69. The maximum atomic E-state index is 12.4. The lowest BCUT2D eigenvalue weighted by Crippen LogP contribution is -2.27. The molecule has 0 aliphatic rings. The topological polar surface area (TPSA) is 82.3 Å². The van der Waals surface area contributed by atoms with Crippen molar-refractivity contribution in [2.45, 2.75) is 32.1 Å². The number of aromatic amines is 1. The van der Waals surface area contributed by atoms with E-state index in [2.05, 4.69) is 16.4 Å². The van der Waals surface area contributed by atoms with E-state index in [-0.39, 0.29) is 10.8 Å². The van der Waals surface area contributed by atoms with Crippen LogP contribution in [-0.2, 0) is 16.4 Å². The molecule has 6 nitrogen and oxygen atoms in total. The van der Waals surface area contributed by atoms with E-state index >= 15 is 0 Å². The lowest BCUT2D eigenvalue weighted by molar-refractivity contribution is 0.0954. The highest BCUT2D eigenvalue weighted by Gasteiger charge is 2.21. The minimum Gasteiger partial charge on any atom is -0.362 e. The molecule has 0 saturated carbocycles. The molecule has 136 valence electrons. The highest BCUT2D eigenvalue weighted by atomic mass is 32.2. The molecule has 7 heteroatoms. The number of nitrogens with zero attached hydrogens (tertiary/aromatic N) is 1. The molecule has 0 spiro atoms. The minimum absolute atomic E-state index is 0.155. The molecule has 0 aliphatic heterocycles. The van der Waals surface area contributed by atoms with Gasteiger partial charge in [-0.05, 0) is 56.5 Å². The van der Waals surface area contributed by atoms with Crippen LogP contribution < -0.4 is 5.32 Å². The summed E-state index contributed by atoms with van der Waals surface area (Å²) in [5.41, 5.74) is 4.31. The first-order valence-corrected chi connectivity index (χ1v) is 9.53. The number of carbonyl (C=O) groups excluding carboxylic acids is 1. The summed E-state index contributed by atoms with van der Waals surface area (Å²) in [5.74, 6) is -0.278. The van der Waals surface area contributed by atoms with Crippen LogP contribution in [0, 0.1) is 20.8 Å². The van der Waals surface area contributed by atoms with Crippen LogP contribution in [0.15, 0.2) is 29.2 Å². The zero-order chi connectivity index (χ0) is 18.8. The minimum atomic E-state index is -3.58. The van der Waals surface area contributed by atoms with Crippen LogP contribution in [0.3, 0.4) is 0 Å². The summed E-state index contributed by atoms with van der Waals surface area (Å²) in [6, 6.07) is 6.80. The average Bonchev–Trinajstić information content (AvgIpc) is 2.85. The normalized spacial score (nSPS) is 11.8. The van der Waals surface area contributed by atoms with Gasteiger partial charge in [0, 0.05) is 37.6 Å². The lowest BCUT2D eigenvalue weighted by Gasteiger charge is -2.14. The monoisotopic (exact) mass is 363 g/mol. The predicted molar refractivity (Wildman–Crippen MR) is 98.4 cm³/mol. The summed E-state index contributed by atoms with van der Waals surface area (Å²) in [4.78, 5) is 15.7. The number of aromatic nitrogens is 1. The molecule has 0 fully saturated rings. The van der Waals surface area contributed by atoms with Gasteiger partial charge in [-0.1, -0.05) is 6.07 Å². The zero-order valence-corrected chi connectivity index (χ0v) is 16.1. The first-order chi connectivity index (χ1) is 11.6. The molecule has 0 saturated heterocycles. The molecule has 1 aromatic carbocycles. The Balaban J connectivity index is 2.11.